The Morgan fingerprint density at radius 2 is 1.41 bits per heavy atom. The number of carbonyl (C=O) groups is 3. The predicted molar refractivity (Wildman–Crippen MR) is 167 cm³/mol. The van der Waals surface area contributed by atoms with Gasteiger partial charge in [0, 0.05) is 6.42 Å². The molecule has 224 valence electrons. The van der Waals surface area contributed by atoms with Gasteiger partial charge in [-0.1, -0.05) is 103 Å². The van der Waals surface area contributed by atoms with Crippen LogP contribution in [0.5, 0.6) is 0 Å². The number of nitrogens with zero attached hydrogens (tertiary/aromatic N) is 1. The molecule has 2 amide bonds. The molecule has 2 atom stereocenters. The predicted octanol–water partition coefficient (Wildman–Crippen LogP) is 4.87. The summed E-state index contributed by atoms with van der Waals surface area (Å²) >= 11 is 0. The zero-order chi connectivity index (χ0) is 31.3. The lowest BCUT2D eigenvalue weighted by Gasteiger charge is -2.24. The van der Waals surface area contributed by atoms with Crippen LogP contribution in [0, 0.1) is 18.3 Å². The molecule has 8 heteroatoms. The average molecular weight is 590 g/mol. The monoisotopic (exact) mass is 589 g/mol. The molecule has 2 N–H and O–H groups in total. The Morgan fingerprint density at radius 3 is 2.02 bits per heavy atom. The molecule has 0 aliphatic heterocycles. The standard InChI is InChI=1S/C36H35N3O5/c1-25-11-9-12-26(19-25)21-32(39-35(41)33(28-14-5-3-6-15-28)29-16-7-4-8-17-29)34(40)38-31(22-37)24-44-23-27-13-10-18-30(20-27)36(42)43-2/h3-20,31-33H,21,23-24H2,1-2H3,(H,38,40)(H,39,41)/t31-,32+/m1/s1. The van der Waals surface area contributed by atoms with E-state index in [1.54, 1.807) is 24.3 Å². The summed E-state index contributed by atoms with van der Waals surface area (Å²) in [5.41, 5.74) is 4.60. The summed E-state index contributed by atoms with van der Waals surface area (Å²) in [7, 11) is 1.31. The van der Waals surface area contributed by atoms with Gasteiger partial charge in [0.1, 0.15) is 12.1 Å². The van der Waals surface area contributed by atoms with Crippen LogP contribution in [-0.4, -0.2) is 43.6 Å². The van der Waals surface area contributed by atoms with Crippen molar-refractivity contribution in [3.63, 3.8) is 0 Å². The van der Waals surface area contributed by atoms with Crippen molar-refractivity contribution in [2.24, 2.45) is 0 Å². The third kappa shape index (κ3) is 8.87. The van der Waals surface area contributed by atoms with E-state index in [0.29, 0.717) is 11.1 Å². The minimum atomic E-state index is -0.970. The molecule has 0 fully saturated rings. The molecule has 0 aromatic heterocycles. The van der Waals surface area contributed by atoms with Crippen LogP contribution >= 0.6 is 0 Å². The number of amides is 2. The van der Waals surface area contributed by atoms with Crippen LogP contribution in [0.3, 0.4) is 0 Å². The van der Waals surface area contributed by atoms with E-state index in [4.69, 9.17) is 9.47 Å². The molecule has 8 nitrogen and oxygen atoms in total. The van der Waals surface area contributed by atoms with Gasteiger partial charge in [-0.15, -0.1) is 0 Å². The lowest BCUT2D eigenvalue weighted by molar-refractivity contribution is -0.129. The van der Waals surface area contributed by atoms with Crippen LogP contribution in [0.15, 0.2) is 109 Å². The first kappa shape index (κ1) is 31.7. The highest BCUT2D eigenvalue weighted by Crippen LogP contribution is 2.25. The van der Waals surface area contributed by atoms with E-state index in [1.165, 1.54) is 7.11 Å². The van der Waals surface area contributed by atoms with Gasteiger partial charge in [-0.2, -0.15) is 5.26 Å². The summed E-state index contributed by atoms with van der Waals surface area (Å²) in [6.07, 6.45) is 0.231. The summed E-state index contributed by atoms with van der Waals surface area (Å²) in [5, 5.41) is 15.5. The highest BCUT2D eigenvalue weighted by molar-refractivity contribution is 5.93. The molecule has 0 spiro atoms. The van der Waals surface area contributed by atoms with Gasteiger partial charge in [0.15, 0.2) is 0 Å². The first-order valence-corrected chi connectivity index (χ1v) is 14.3. The Labute approximate surface area is 257 Å². The number of nitrogens with one attached hydrogen (secondary N) is 2. The van der Waals surface area contributed by atoms with Crippen LogP contribution in [0.1, 0.15) is 44.1 Å². The van der Waals surface area contributed by atoms with Gasteiger partial charge in [-0.3, -0.25) is 9.59 Å². The van der Waals surface area contributed by atoms with Crippen molar-refractivity contribution in [2.45, 2.75) is 38.0 Å². The number of hydrogen-bond donors (Lipinski definition) is 2. The minimum Gasteiger partial charge on any atom is -0.465 e. The number of rotatable bonds is 13. The van der Waals surface area contributed by atoms with E-state index in [0.717, 1.165) is 22.3 Å². The molecule has 0 bridgehead atoms. The van der Waals surface area contributed by atoms with Gasteiger partial charge >= 0.3 is 5.97 Å². The molecule has 0 heterocycles. The third-order valence-electron chi connectivity index (χ3n) is 7.06. The van der Waals surface area contributed by atoms with Gasteiger partial charge in [-0.25, -0.2) is 4.79 Å². The Bertz CT molecular complexity index is 1560. The van der Waals surface area contributed by atoms with E-state index in [1.807, 2.05) is 91.9 Å². The van der Waals surface area contributed by atoms with Crippen molar-refractivity contribution in [1.82, 2.24) is 10.6 Å². The minimum absolute atomic E-state index is 0.0908. The number of hydrogen-bond acceptors (Lipinski definition) is 6. The van der Waals surface area contributed by atoms with Crippen LogP contribution in [0.25, 0.3) is 0 Å². The number of esters is 1. The fraction of sp³-hybridized carbons (Fsp3) is 0.222. The number of ether oxygens (including phenoxy) is 2. The Kier molecular flexibility index (Phi) is 11.4. The second kappa shape index (κ2) is 15.8. The SMILES string of the molecule is COC(=O)c1cccc(COC[C@@H](C#N)NC(=O)[C@H](Cc2cccc(C)c2)NC(=O)C(c2ccccc2)c2ccccc2)c1. The smallest absolute Gasteiger partial charge is 0.337 e. The average Bonchev–Trinajstić information content (AvgIpc) is 3.05. The van der Waals surface area contributed by atoms with Crippen LogP contribution in [-0.2, 0) is 32.1 Å². The van der Waals surface area contributed by atoms with Gasteiger partial charge < -0.3 is 20.1 Å². The second-order valence-electron chi connectivity index (χ2n) is 10.4. The van der Waals surface area contributed by atoms with E-state index >= 15 is 0 Å². The lowest BCUT2D eigenvalue weighted by atomic mass is 9.90. The Morgan fingerprint density at radius 1 is 0.773 bits per heavy atom. The first-order chi connectivity index (χ1) is 21.4. The zero-order valence-electron chi connectivity index (χ0n) is 24.7. The van der Waals surface area contributed by atoms with Crippen LogP contribution < -0.4 is 10.6 Å². The van der Waals surface area contributed by atoms with E-state index in [-0.39, 0.29) is 25.5 Å². The van der Waals surface area contributed by atoms with Gasteiger partial charge in [-0.05, 0) is 41.3 Å². The zero-order valence-corrected chi connectivity index (χ0v) is 24.7. The maximum Gasteiger partial charge on any atom is 0.337 e. The highest BCUT2D eigenvalue weighted by Gasteiger charge is 2.29. The maximum absolute atomic E-state index is 13.9. The summed E-state index contributed by atoms with van der Waals surface area (Å²) in [6.45, 7) is 1.99. The number of carbonyl (C=O) groups excluding carboxylic acids is 3. The quantitative estimate of drug-likeness (QED) is 0.215. The molecule has 44 heavy (non-hydrogen) atoms. The lowest BCUT2D eigenvalue weighted by Crippen LogP contribution is -2.52. The molecule has 0 aliphatic carbocycles. The maximum atomic E-state index is 13.9. The Hall–Kier alpha value is -5.26. The van der Waals surface area contributed by atoms with Gasteiger partial charge in [0.2, 0.25) is 11.8 Å². The molecule has 4 rings (SSSR count). The molecule has 4 aromatic rings. The van der Waals surface area contributed by atoms with E-state index < -0.39 is 29.9 Å². The highest BCUT2D eigenvalue weighted by atomic mass is 16.5. The topological polar surface area (TPSA) is 118 Å². The second-order valence-corrected chi connectivity index (χ2v) is 10.4. The molecular formula is C36H35N3O5. The molecular weight excluding hydrogens is 554 g/mol. The Balaban J connectivity index is 1.49. The fourth-order valence-electron chi connectivity index (χ4n) is 4.91. The first-order valence-electron chi connectivity index (χ1n) is 14.3. The van der Waals surface area contributed by atoms with Crippen molar-refractivity contribution in [3.8, 4) is 6.07 Å². The van der Waals surface area contributed by atoms with Crippen molar-refractivity contribution < 1.29 is 23.9 Å². The normalized spacial score (nSPS) is 12.0. The summed E-state index contributed by atoms with van der Waals surface area (Å²) in [4.78, 5) is 39.3. The molecule has 0 unspecified atom stereocenters. The number of methoxy groups -OCH3 is 1. The summed E-state index contributed by atoms with van der Waals surface area (Å²) < 4.78 is 10.5. The van der Waals surface area contributed by atoms with Crippen molar-refractivity contribution >= 4 is 17.8 Å². The molecule has 0 saturated heterocycles. The fourth-order valence-corrected chi connectivity index (χ4v) is 4.91. The van der Waals surface area contributed by atoms with Crippen molar-refractivity contribution in [2.75, 3.05) is 13.7 Å². The van der Waals surface area contributed by atoms with Crippen molar-refractivity contribution in [3.05, 3.63) is 143 Å². The molecule has 0 saturated carbocycles. The number of nitriles is 1. The van der Waals surface area contributed by atoms with Gasteiger partial charge in [0.05, 0.1) is 37.9 Å². The molecule has 0 radical (unpaired) electrons. The van der Waals surface area contributed by atoms with Crippen LogP contribution in [0.2, 0.25) is 0 Å². The molecule has 4 aromatic carbocycles. The third-order valence-corrected chi connectivity index (χ3v) is 7.06. The van der Waals surface area contributed by atoms with E-state index in [9.17, 15) is 19.6 Å². The summed E-state index contributed by atoms with van der Waals surface area (Å²) in [5.74, 6) is -1.92. The number of benzene rings is 4. The van der Waals surface area contributed by atoms with Gasteiger partial charge in [0.25, 0.3) is 0 Å². The number of aryl methyl sites for hydroxylation is 1. The van der Waals surface area contributed by atoms with Crippen molar-refractivity contribution in [1.29, 1.82) is 5.26 Å². The molecule has 0 aliphatic rings. The van der Waals surface area contributed by atoms with E-state index in [2.05, 4.69) is 16.7 Å². The largest absolute Gasteiger partial charge is 0.465 e. The van der Waals surface area contributed by atoms with Crippen LogP contribution in [0.4, 0.5) is 0 Å². The summed E-state index contributed by atoms with van der Waals surface area (Å²) in [6, 6.07) is 33.5.